The van der Waals surface area contributed by atoms with E-state index in [1.807, 2.05) is 13.8 Å². The van der Waals surface area contributed by atoms with Crippen LogP contribution in [0, 0.1) is 11.7 Å². The molecule has 1 aliphatic carbocycles. The van der Waals surface area contributed by atoms with Crippen molar-refractivity contribution in [1.82, 2.24) is 19.5 Å². The van der Waals surface area contributed by atoms with E-state index >= 15 is 0 Å². The molecule has 31 heavy (non-hydrogen) atoms. The van der Waals surface area contributed by atoms with Crippen LogP contribution in [-0.4, -0.2) is 25.3 Å². The smallest absolute Gasteiger partial charge is 0.278 e. The summed E-state index contributed by atoms with van der Waals surface area (Å²) in [6, 6.07) is 4.55. The molecule has 0 saturated heterocycles. The molecular formula is C22H27FN6OS. The lowest BCUT2D eigenvalue weighted by Gasteiger charge is -2.21. The first-order valence-electron chi connectivity index (χ1n) is 10.7. The summed E-state index contributed by atoms with van der Waals surface area (Å²) in [6.07, 6.45) is 7.89. The van der Waals surface area contributed by atoms with Gasteiger partial charge < -0.3 is 10.5 Å². The lowest BCUT2D eigenvalue weighted by atomic mass is 9.91. The Morgan fingerprint density at radius 3 is 2.74 bits per heavy atom. The zero-order chi connectivity index (χ0) is 22.0. The van der Waals surface area contributed by atoms with Crippen molar-refractivity contribution in [3.63, 3.8) is 0 Å². The third-order valence-electron chi connectivity index (χ3n) is 5.64. The minimum atomic E-state index is -0.417. The Kier molecular flexibility index (Phi) is 6.41. The number of nitrogens with two attached hydrogens (primary N) is 1. The van der Waals surface area contributed by atoms with Crippen molar-refractivity contribution in [3.8, 4) is 11.3 Å². The molecular weight excluding hydrogens is 415 g/mol. The first-order valence-corrected chi connectivity index (χ1v) is 11.6. The van der Waals surface area contributed by atoms with Crippen LogP contribution in [0.4, 0.5) is 16.0 Å². The summed E-state index contributed by atoms with van der Waals surface area (Å²) in [7, 11) is 0. The largest absolute Gasteiger partial charge is 0.368 e. The molecule has 1 aliphatic rings. The Morgan fingerprint density at radius 1 is 1.26 bits per heavy atom. The predicted molar refractivity (Wildman–Crippen MR) is 124 cm³/mol. The van der Waals surface area contributed by atoms with Gasteiger partial charge in [-0.25, -0.2) is 14.4 Å². The SMILES string of the molecule is CC(C)n1c(=O)c(-c2ccc(NSCC3CCCCC3)c(F)c2)nc2cnc(N)nc21. The Labute approximate surface area is 184 Å². The third-order valence-corrected chi connectivity index (χ3v) is 6.64. The molecule has 0 bridgehead atoms. The van der Waals surface area contributed by atoms with Crippen molar-refractivity contribution >= 4 is 34.7 Å². The number of hydrogen-bond acceptors (Lipinski definition) is 7. The molecule has 2 aromatic heterocycles. The van der Waals surface area contributed by atoms with E-state index in [1.54, 1.807) is 24.1 Å². The molecule has 7 nitrogen and oxygen atoms in total. The number of nitrogen functional groups attached to an aromatic ring is 1. The normalized spacial score (nSPS) is 15.0. The molecule has 4 rings (SSSR count). The molecule has 0 unspecified atom stereocenters. The second-order valence-corrected chi connectivity index (χ2v) is 9.10. The summed E-state index contributed by atoms with van der Waals surface area (Å²) in [5, 5.41) is 0. The molecule has 3 N–H and O–H groups in total. The number of nitrogens with zero attached hydrogens (tertiary/aromatic N) is 4. The molecule has 1 fully saturated rings. The van der Waals surface area contributed by atoms with Crippen LogP contribution < -0.4 is 16.0 Å². The fourth-order valence-electron chi connectivity index (χ4n) is 4.02. The van der Waals surface area contributed by atoms with Gasteiger partial charge in [-0.2, -0.15) is 4.98 Å². The number of benzene rings is 1. The van der Waals surface area contributed by atoms with E-state index < -0.39 is 5.82 Å². The quantitative estimate of drug-likeness (QED) is 0.529. The van der Waals surface area contributed by atoms with Gasteiger partial charge in [0.15, 0.2) is 5.65 Å². The van der Waals surface area contributed by atoms with Crippen molar-refractivity contribution in [2.45, 2.75) is 52.0 Å². The van der Waals surface area contributed by atoms with Crippen LogP contribution in [0.1, 0.15) is 52.0 Å². The molecule has 3 aromatic rings. The van der Waals surface area contributed by atoms with E-state index in [0.717, 1.165) is 5.75 Å². The highest BCUT2D eigenvalue weighted by atomic mass is 32.2. The van der Waals surface area contributed by atoms with Gasteiger partial charge >= 0.3 is 0 Å². The molecule has 164 valence electrons. The van der Waals surface area contributed by atoms with Gasteiger partial charge in [-0.15, -0.1) is 0 Å². The number of halogens is 1. The number of nitrogens with one attached hydrogen (secondary N) is 1. The second kappa shape index (κ2) is 9.21. The minimum absolute atomic E-state index is 0.0723. The maximum atomic E-state index is 14.8. The summed E-state index contributed by atoms with van der Waals surface area (Å²) in [4.78, 5) is 25.7. The highest BCUT2D eigenvalue weighted by Crippen LogP contribution is 2.29. The van der Waals surface area contributed by atoms with E-state index in [-0.39, 0.29) is 23.2 Å². The second-order valence-electron chi connectivity index (χ2n) is 8.28. The minimum Gasteiger partial charge on any atom is -0.368 e. The zero-order valence-electron chi connectivity index (χ0n) is 17.8. The van der Waals surface area contributed by atoms with Gasteiger partial charge in [0.1, 0.15) is 17.0 Å². The number of anilines is 2. The van der Waals surface area contributed by atoms with E-state index in [9.17, 15) is 9.18 Å². The standard InChI is InChI=1S/C22H27FN6OS/c1-13(2)29-20-18(11-25-22(24)27-20)26-19(21(29)30)15-8-9-17(16(23)10-15)28-31-12-14-6-4-3-5-7-14/h8-11,13-14,28H,3-7,12H2,1-2H3,(H2,24,25,27). The number of hydrogen-bond donors (Lipinski definition) is 2. The van der Waals surface area contributed by atoms with Crippen molar-refractivity contribution in [3.05, 3.63) is 40.6 Å². The zero-order valence-corrected chi connectivity index (χ0v) is 18.6. The van der Waals surface area contributed by atoms with Gasteiger partial charge in [-0.3, -0.25) is 9.36 Å². The van der Waals surface area contributed by atoms with Crippen LogP contribution in [-0.2, 0) is 0 Å². The molecule has 1 aromatic carbocycles. The van der Waals surface area contributed by atoms with Crippen molar-refractivity contribution in [1.29, 1.82) is 0 Å². The van der Waals surface area contributed by atoms with Gasteiger partial charge in [-0.05, 0) is 44.7 Å². The van der Waals surface area contributed by atoms with Gasteiger partial charge in [0, 0.05) is 17.4 Å². The maximum Gasteiger partial charge on any atom is 0.278 e. The van der Waals surface area contributed by atoms with Crippen LogP contribution in [0.2, 0.25) is 0 Å². The molecule has 0 aliphatic heterocycles. The lowest BCUT2D eigenvalue weighted by molar-refractivity contribution is 0.391. The molecule has 1 saturated carbocycles. The predicted octanol–water partition coefficient (Wildman–Crippen LogP) is 4.80. The average Bonchev–Trinajstić information content (AvgIpc) is 2.75. The van der Waals surface area contributed by atoms with E-state index in [4.69, 9.17) is 5.73 Å². The first-order chi connectivity index (χ1) is 14.9. The van der Waals surface area contributed by atoms with Crippen LogP contribution in [0.5, 0.6) is 0 Å². The van der Waals surface area contributed by atoms with Crippen LogP contribution >= 0.6 is 11.9 Å². The van der Waals surface area contributed by atoms with E-state index in [2.05, 4.69) is 19.7 Å². The van der Waals surface area contributed by atoms with Crippen LogP contribution in [0.3, 0.4) is 0 Å². The molecule has 0 atom stereocenters. The molecule has 9 heteroatoms. The fraction of sp³-hybridized carbons (Fsp3) is 0.455. The summed E-state index contributed by atoms with van der Waals surface area (Å²) in [5.41, 5.74) is 7.14. The summed E-state index contributed by atoms with van der Waals surface area (Å²) in [6.45, 7) is 3.75. The summed E-state index contributed by atoms with van der Waals surface area (Å²) < 4.78 is 19.4. The van der Waals surface area contributed by atoms with Gasteiger partial charge in [-0.1, -0.05) is 37.3 Å². The molecule has 0 radical (unpaired) electrons. The Balaban J connectivity index is 1.61. The first kappa shape index (κ1) is 21.5. The number of aromatic nitrogens is 4. The number of fused-ring (bicyclic) bond motifs is 1. The summed E-state index contributed by atoms with van der Waals surface area (Å²) >= 11 is 1.54. The Bertz CT molecular complexity index is 1140. The van der Waals surface area contributed by atoms with Crippen molar-refractivity contribution < 1.29 is 4.39 Å². The maximum absolute atomic E-state index is 14.8. The number of rotatable bonds is 6. The third kappa shape index (κ3) is 4.66. The van der Waals surface area contributed by atoms with E-state index in [0.29, 0.717) is 28.3 Å². The van der Waals surface area contributed by atoms with Crippen LogP contribution in [0.15, 0.2) is 29.2 Å². The van der Waals surface area contributed by atoms with Crippen LogP contribution in [0.25, 0.3) is 22.4 Å². The molecule has 2 heterocycles. The van der Waals surface area contributed by atoms with Gasteiger partial charge in [0.05, 0.1) is 11.9 Å². The molecule has 0 amide bonds. The topological polar surface area (TPSA) is 98.7 Å². The van der Waals surface area contributed by atoms with Crippen molar-refractivity contribution in [2.24, 2.45) is 5.92 Å². The average molecular weight is 443 g/mol. The Morgan fingerprint density at radius 2 is 2.03 bits per heavy atom. The summed E-state index contributed by atoms with van der Waals surface area (Å²) in [5.74, 6) is 1.32. The highest BCUT2D eigenvalue weighted by Gasteiger charge is 2.18. The van der Waals surface area contributed by atoms with Gasteiger partial charge in [0.2, 0.25) is 5.95 Å². The Hall–Kier alpha value is -2.68. The lowest BCUT2D eigenvalue weighted by Crippen LogP contribution is -2.26. The van der Waals surface area contributed by atoms with Crippen molar-refractivity contribution in [2.75, 3.05) is 16.2 Å². The monoisotopic (exact) mass is 442 g/mol. The van der Waals surface area contributed by atoms with Gasteiger partial charge in [0.25, 0.3) is 5.56 Å². The fourth-order valence-corrected chi connectivity index (χ4v) is 4.99. The highest BCUT2D eigenvalue weighted by molar-refractivity contribution is 8.00. The van der Waals surface area contributed by atoms with E-state index in [1.165, 1.54) is 48.9 Å². The molecule has 0 spiro atoms.